The van der Waals surface area contributed by atoms with Gasteiger partial charge >= 0.3 is 0 Å². The van der Waals surface area contributed by atoms with Crippen molar-refractivity contribution in [2.24, 2.45) is 0 Å². The number of methoxy groups -OCH3 is 2. The van der Waals surface area contributed by atoms with Gasteiger partial charge in [-0.05, 0) is 35.9 Å². The third kappa shape index (κ3) is 4.97. The van der Waals surface area contributed by atoms with Gasteiger partial charge in [0.1, 0.15) is 11.5 Å². The fourth-order valence-corrected chi connectivity index (χ4v) is 2.37. The van der Waals surface area contributed by atoms with Crippen LogP contribution in [0.1, 0.15) is 21.5 Å². The Balaban J connectivity index is 1.96. The molecule has 2 amide bonds. The molecular formula is C19H22N2O4. The number of benzene rings is 2. The van der Waals surface area contributed by atoms with Gasteiger partial charge in [-0.2, -0.15) is 0 Å². The molecule has 132 valence electrons. The molecule has 0 atom stereocenters. The molecule has 0 aliphatic rings. The highest BCUT2D eigenvalue weighted by Gasteiger charge is 2.10. The number of ether oxygens (including phenoxy) is 2. The molecule has 0 spiro atoms. The molecule has 0 aromatic heterocycles. The molecule has 0 saturated carbocycles. The number of amides is 2. The maximum Gasteiger partial charge on any atom is 0.251 e. The second-order valence-corrected chi connectivity index (χ2v) is 5.41. The Morgan fingerprint density at radius 2 is 1.72 bits per heavy atom. The molecule has 2 rings (SSSR count). The van der Waals surface area contributed by atoms with E-state index in [2.05, 4.69) is 10.6 Å². The lowest BCUT2D eigenvalue weighted by Crippen LogP contribution is -2.25. The van der Waals surface area contributed by atoms with Crippen molar-refractivity contribution in [1.29, 1.82) is 0 Å². The van der Waals surface area contributed by atoms with Gasteiger partial charge in [0.05, 0.1) is 20.6 Å². The number of rotatable bonds is 7. The number of nitrogens with one attached hydrogen (secondary N) is 2. The smallest absolute Gasteiger partial charge is 0.251 e. The number of hydrogen-bond donors (Lipinski definition) is 2. The van der Waals surface area contributed by atoms with Crippen molar-refractivity contribution < 1.29 is 19.1 Å². The number of carbonyl (C=O) groups is 2. The quantitative estimate of drug-likeness (QED) is 0.806. The van der Waals surface area contributed by atoms with Crippen molar-refractivity contribution >= 4 is 11.8 Å². The van der Waals surface area contributed by atoms with Gasteiger partial charge < -0.3 is 20.1 Å². The van der Waals surface area contributed by atoms with Crippen LogP contribution in [0.15, 0.2) is 42.5 Å². The molecule has 0 heterocycles. The third-order valence-corrected chi connectivity index (χ3v) is 3.77. The summed E-state index contributed by atoms with van der Waals surface area (Å²) in [7, 11) is 4.73. The molecule has 25 heavy (non-hydrogen) atoms. The first-order valence-corrected chi connectivity index (χ1v) is 7.86. The normalized spacial score (nSPS) is 10.0. The summed E-state index contributed by atoms with van der Waals surface area (Å²) in [6.07, 6.45) is 0.191. The summed E-state index contributed by atoms with van der Waals surface area (Å²) in [5.74, 6) is 1.06. The first kappa shape index (κ1) is 18.3. The molecule has 0 radical (unpaired) electrons. The molecule has 6 heteroatoms. The van der Waals surface area contributed by atoms with E-state index in [9.17, 15) is 9.59 Å². The van der Waals surface area contributed by atoms with Gasteiger partial charge in [-0.1, -0.05) is 12.1 Å². The topological polar surface area (TPSA) is 76.7 Å². The van der Waals surface area contributed by atoms with Gasteiger partial charge in [0, 0.05) is 24.7 Å². The first-order valence-electron chi connectivity index (χ1n) is 7.86. The lowest BCUT2D eigenvalue weighted by Gasteiger charge is -2.11. The van der Waals surface area contributed by atoms with E-state index >= 15 is 0 Å². The van der Waals surface area contributed by atoms with E-state index in [0.717, 1.165) is 11.1 Å². The van der Waals surface area contributed by atoms with E-state index in [-0.39, 0.29) is 18.2 Å². The molecule has 0 unspecified atom stereocenters. The van der Waals surface area contributed by atoms with Crippen molar-refractivity contribution in [3.05, 3.63) is 59.2 Å². The van der Waals surface area contributed by atoms with E-state index in [1.807, 2.05) is 12.1 Å². The molecule has 0 aliphatic heterocycles. The summed E-state index contributed by atoms with van der Waals surface area (Å²) in [6.45, 7) is 0.388. The summed E-state index contributed by atoms with van der Waals surface area (Å²) in [6, 6.07) is 12.4. The lowest BCUT2D eigenvalue weighted by molar-refractivity contribution is -0.120. The number of hydrogen-bond acceptors (Lipinski definition) is 4. The Labute approximate surface area is 147 Å². The third-order valence-electron chi connectivity index (χ3n) is 3.77. The van der Waals surface area contributed by atoms with Crippen molar-refractivity contribution in [1.82, 2.24) is 10.6 Å². The van der Waals surface area contributed by atoms with Gasteiger partial charge in [0.15, 0.2) is 0 Å². The molecule has 0 aliphatic carbocycles. The Hall–Kier alpha value is -3.02. The summed E-state index contributed by atoms with van der Waals surface area (Å²) in [4.78, 5) is 23.7. The van der Waals surface area contributed by atoms with Crippen molar-refractivity contribution in [2.45, 2.75) is 13.0 Å². The zero-order valence-electron chi connectivity index (χ0n) is 14.6. The minimum absolute atomic E-state index is 0.123. The van der Waals surface area contributed by atoms with Crippen LogP contribution >= 0.6 is 0 Å². The SMILES string of the molecule is CNC(=O)c1ccc(CNC(=O)Cc2cc(OC)ccc2OC)cc1. The van der Waals surface area contributed by atoms with Gasteiger partial charge in [-0.3, -0.25) is 9.59 Å². The van der Waals surface area contributed by atoms with Crippen molar-refractivity contribution in [3.63, 3.8) is 0 Å². The summed E-state index contributed by atoms with van der Waals surface area (Å²) in [5.41, 5.74) is 2.26. The highest BCUT2D eigenvalue weighted by atomic mass is 16.5. The Bertz CT molecular complexity index is 742. The standard InChI is InChI=1S/C19H22N2O4/c1-20-19(23)14-6-4-13(5-7-14)12-21-18(22)11-15-10-16(24-2)8-9-17(15)25-3/h4-10H,11-12H2,1-3H3,(H,20,23)(H,21,22). The van der Waals surface area contributed by atoms with E-state index in [4.69, 9.17) is 9.47 Å². The van der Waals surface area contributed by atoms with E-state index < -0.39 is 0 Å². The molecule has 0 fully saturated rings. The Morgan fingerprint density at radius 1 is 1.00 bits per heavy atom. The summed E-state index contributed by atoms with van der Waals surface area (Å²) in [5, 5.41) is 5.43. The molecule has 2 aromatic rings. The van der Waals surface area contributed by atoms with Crippen LogP contribution in [0.3, 0.4) is 0 Å². The van der Waals surface area contributed by atoms with Crippen LogP contribution in [0, 0.1) is 0 Å². The Morgan fingerprint density at radius 3 is 2.32 bits per heavy atom. The molecule has 0 saturated heterocycles. The number of carbonyl (C=O) groups excluding carboxylic acids is 2. The molecule has 2 aromatic carbocycles. The summed E-state index contributed by atoms with van der Waals surface area (Å²) < 4.78 is 10.5. The van der Waals surface area contributed by atoms with Gasteiger partial charge in [0.2, 0.25) is 5.91 Å². The lowest BCUT2D eigenvalue weighted by atomic mass is 10.1. The highest BCUT2D eigenvalue weighted by Crippen LogP contribution is 2.24. The second-order valence-electron chi connectivity index (χ2n) is 5.41. The maximum atomic E-state index is 12.2. The van der Waals surface area contributed by atoms with Crippen molar-refractivity contribution in [2.75, 3.05) is 21.3 Å². The van der Waals surface area contributed by atoms with Crippen LogP contribution < -0.4 is 20.1 Å². The molecular weight excluding hydrogens is 320 g/mol. The van der Waals surface area contributed by atoms with Crippen molar-refractivity contribution in [3.8, 4) is 11.5 Å². The fourth-order valence-electron chi connectivity index (χ4n) is 2.37. The van der Waals surface area contributed by atoms with Crippen LogP contribution in [0.25, 0.3) is 0 Å². The van der Waals surface area contributed by atoms with Gasteiger partial charge in [-0.15, -0.1) is 0 Å². The van der Waals surface area contributed by atoms with Crippen LogP contribution in [0.2, 0.25) is 0 Å². The summed E-state index contributed by atoms with van der Waals surface area (Å²) >= 11 is 0. The maximum absolute atomic E-state index is 12.2. The van der Waals surface area contributed by atoms with Crippen LogP contribution in [0.4, 0.5) is 0 Å². The van der Waals surface area contributed by atoms with Crippen LogP contribution in [-0.4, -0.2) is 33.1 Å². The largest absolute Gasteiger partial charge is 0.497 e. The second kappa shape index (κ2) is 8.73. The van der Waals surface area contributed by atoms with Gasteiger partial charge in [0.25, 0.3) is 5.91 Å². The van der Waals surface area contributed by atoms with Crippen LogP contribution in [-0.2, 0) is 17.8 Å². The first-order chi connectivity index (χ1) is 12.1. The minimum atomic E-state index is -0.138. The minimum Gasteiger partial charge on any atom is -0.497 e. The predicted molar refractivity (Wildman–Crippen MR) is 94.9 cm³/mol. The van der Waals surface area contributed by atoms with E-state index in [1.54, 1.807) is 51.6 Å². The highest BCUT2D eigenvalue weighted by molar-refractivity contribution is 5.93. The average molecular weight is 342 g/mol. The zero-order valence-corrected chi connectivity index (χ0v) is 14.6. The molecule has 2 N–H and O–H groups in total. The average Bonchev–Trinajstić information content (AvgIpc) is 2.66. The molecule has 6 nitrogen and oxygen atoms in total. The van der Waals surface area contributed by atoms with E-state index in [0.29, 0.717) is 23.6 Å². The van der Waals surface area contributed by atoms with Crippen LogP contribution in [0.5, 0.6) is 11.5 Å². The predicted octanol–water partition coefficient (Wildman–Crippen LogP) is 1.92. The monoisotopic (exact) mass is 342 g/mol. The Kier molecular flexibility index (Phi) is 6.39. The fraction of sp³-hybridized carbons (Fsp3) is 0.263. The van der Waals surface area contributed by atoms with Gasteiger partial charge in [-0.25, -0.2) is 0 Å². The molecule has 0 bridgehead atoms. The zero-order chi connectivity index (χ0) is 18.2. The van der Waals surface area contributed by atoms with E-state index in [1.165, 1.54) is 0 Å².